The van der Waals surface area contributed by atoms with Crippen LogP contribution < -0.4 is 5.01 Å². The fourth-order valence-corrected chi connectivity index (χ4v) is 3.47. The van der Waals surface area contributed by atoms with Gasteiger partial charge in [0.25, 0.3) is 5.91 Å². The lowest BCUT2D eigenvalue weighted by atomic mass is 10.1. The minimum atomic E-state index is -0.784. The second kappa shape index (κ2) is 7.86. The standard InChI is InChI=1S/C19H26N4O3/c1-14-7-8-23(20-14)17-5-3-16(4-6-17)19(26)22-11-9-21(10-12-22)15(2)13-18(24)25/h3-6,15H,7-13H2,1-2H3,(H,24,25). The van der Waals surface area contributed by atoms with Crippen LogP contribution in [-0.4, -0.2) is 71.3 Å². The van der Waals surface area contributed by atoms with Crippen molar-refractivity contribution in [2.45, 2.75) is 32.7 Å². The second-order valence-corrected chi connectivity index (χ2v) is 7.03. The first-order valence-corrected chi connectivity index (χ1v) is 9.11. The highest BCUT2D eigenvalue weighted by Crippen LogP contribution is 2.21. The van der Waals surface area contributed by atoms with Crippen LogP contribution in [-0.2, 0) is 4.79 Å². The molecular weight excluding hydrogens is 332 g/mol. The number of hydrogen-bond donors (Lipinski definition) is 1. The highest BCUT2D eigenvalue weighted by atomic mass is 16.4. The monoisotopic (exact) mass is 358 g/mol. The SMILES string of the molecule is CC1=NN(c2ccc(C(=O)N3CCN(C(C)CC(=O)O)CC3)cc2)CC1. The Morgan fingerprint density at radius 3 is 2.31 bits per heavy atom. The molecule has 1 aromatic rings. The Bertz CT molecular complexity index is 693. The quantitative estimate of drug-likeness (QED) is 0.870. The lowest BCUT2D eigenvalue weighted by Crippen LogP contribution is -2.51. The molecule has 2 aliphatic heterocycles. The third-order valence-corrected chi connectivity index (χ3v) is 5.08. The van der Waals surface area contributed by atoms with Crippen LogP contribution in [0.4, 0.5) is 5.69 Å². The highest BCUT2D eigenvalue weighted by molar-refractivity contribution is 5.94. The number of nitrogens with zero attached hydrogens (tertiary/aromatic N) is 4. The molecule has 2 heterocycles. The first kappa shape index (κ1) is 18.4. The number of rotatable bonds is 5. The summed E-state index contributed by atoms with van der Waals surface area (Å²) in [6.07, 6.45) is 1.11. The van der Waals surface area contributed by atoms with Crippen molar-refractivity contribution >= 4 is 23.3 Å². The average molecular weight is 358 g/mol. The molecule has 1 aromatic carbocycles. The van der Waals surface area contributed by atoms with Crippen molar-refractivity contribution in [2.24, 2.45) is 5.10 Å². The van der Waals surface area contributed by atoms with E-state index in [1.54, 1.807) is 0 Å². The zero-order valence-electron chi connectivity index (χ0n) is 15.4. The molecule has 0 radical (unpaired) electrons. The maximum Gasteiger partial charge on any atom is 0.304 e. The predicted molar refractivity (Wildman–Crippen MR) is 101 cm³/mol. The molecule has 0 aliphatic carbocycles. The molecule has 140 valence electrons. The van der Waals surface area contributed by atoms with Gasteiger partial charge in [-0.3, -0.25) is 19.5 Å². The number of amides is 1. The largest absolute Gasteiger partial charge is 0.481 e. The number of carboxylic acid groups (broad SMARTS) is 1. The van der Waals surface area contributed by atoms with Crippen LogP contribution in [0.3, 0.4) is 0 Å². The molecule has 1 N–H and O–H groups in total. The normalized spacial score (nSPS) is 19.4. The van der Waals surface area contributed by atoms with Gasteiger partial charge in [0.05, 0.1) is 12.1 Å². The molecule has 2 aliphatic rings. The second-order valence-electron chi connectivity index (χ2n) is 7.03. The summed E-state index contributed by atoms with van der Waals surface area (Å²) in [4.78, 5) is 27.5. The van der Waals surface area contributed by atoms with Crippen molar-refractivity contribution in [3.05, 3.63) is 29.8 Å². The molecule has 7 heteroatoms. The van der Waals surface area contributed by atoms with Crippen molar-refractivity contribution in [1.29, 1.82) is 0 Å². The van der Waals surface area contributed by atoms with E-state index in [0.717, 1.165) is 24.4 Å². The summed E-state index contributed by atoms with van der Waals surface area (Å²) in [6, 6.07) is 7.61. The van der Waals surface area contributed by atoms with Gasteiger partial charge < -0.3 is 10.0 Å². The fraction of sp³-hybridized carbons (Fsp3) is 0.526. The van der Waals surface area contributed by atoms with E-state index >= 15 is 0 Å². The Kier molecular flexibility index (Phi) is 5.56. The Labute approximate surface area is 153 Å². The van der Waals surface area contributed by atoms with Gasteiger partial charge in [0, 0.05) is 56.5 Å². The zero-order chi connectivity index (χ0) is 18.7. The topological polar surface area (TPSA) is 76.5 Å². The number of benzene rings is 1. The van der Waals surface area contributed by atoms with Gasteiger partial charge in [0.2, 0.25) is 0 Å². The number of piperazine rings is 1. The highest BCUT2D eigenvalue weighted by Gasteiger charge is 2.25. The molecule has 0 saturated carbocycles. The molecule has 0 aromatic heterocycles. The van der Waals surface area contributed by atoms with E-state index in [1.807, 2.05) is 48.0 Å². The number of carbonyl (C=O) groups is 2. The van der Waals surface area contributed by atoms with Gasteiger partial charge in [-0.15, -0.1) is 0 Å². The van der Waals surface area contributed by atoms with Crippen molar-refractivity contribution in [3.63, 3.8) is 0 Å². The van der Waals surface area contributed by atoms with Crippen molar-refractivity contribution in [3.8, 4) is 0 Å². The molecule has 0 spiro atoms. The third-order valence-electron chi connectivity index (χ3n) is 5.08. The van der Waals surface area contributed by atoms with Crippen molar-refractivity contribution < 1.29 is 14.7 Å². The van der Waals surface area contributed by atoms with Crippen molar-refractivity contribution in [2.75, 3.05) is 37.7 Å². The summed E-state index contributed by atoms with van der Waals surface area (Å²) < 4.78 is 0. The average Bonchev–Trinajstić information content (AvgIpc) is 3.07. The molecule has 1 amide bonds. The molecular formula is C19H26N4O3. The van der Waals surface area contributed by atoms with E-state index in [0.29, 0.717) is 31.7 Å². The first-order valence-electron chi connectivity index (χ1n) is 9.11. The summed E-state index contributed by atoms with van der Waals surface area (Å²) >= 11 is 0. The van der Waals surface area contributed by atoms with Crippen LogP contribution in [0.15, 0.2) is 29.4 Å². The van der Waals surface area contributed by atoms with E-state index in [1.165, 1.54) is 0 Å². The van der Waals surface area contributed by atoms with Crippen LogP contribution in [0.5, 0.6) is 0 Å². The van der Waals surface area contributed by atoms with E-state index in [9.17, 15) is 9.59 Å². The Hall–Kier alpha value is -2.41. The summed E-state index contributed by atoms with van der Waals surface area (Å²) in [5.41, 5.74) is 2.81. The Morgan fingerprint density at radius 2 is 1.77 bits per heavy atom. The predicted octanol–water partition coefficient (Wildman–Crippen LogP) is 1.89. The number of carbonyl (C=O) groups excluding carboxylic acids is 1. The molecule has 7 nitrogen and oxygen atoms in total. The lowest BCUT2D eigenvalue weighted by molar-refractivity contribution is -0.138. The third kappa shape index (κ3) is 4.22. The molecule has 26 heavy (non-hydrogen) atoms. The maximum atomic E-state index is 12.7. The smallest absolute Gasteiger partial charge is 0.304 e. The van der Waals surface area contributed by atoms with Crippen LogP contribution in [0.2, 0.25) is 0 Å². The minimum absolute atomic E-state index is 0.00601. The number of aliphatic carboxylic acids is 1. The number of carboxylic acids is 1. The van der Waals surface area contributed by atoms with E-state index in [-0.39, 0.29) is 18.4 Å². The van der Waals surface area contributed by atoms with E-state index in [2.05, 4.69) is 10.0 Å². The Morgan fingerprint density at radius 1 is 1.12 bits per heavy atom. The molecule has 1 fully saturated rings. The van der Waals surface area contributed by atoms with Crippen LogP contribution in [0.1, 0.15) is 37.0 Å². The fourth-order valence-electron chi connectivity index (χ4n) is 3.47. The summed E-state index contributed by atoms with van der Waals surface area (Å²) in [6.45, 7) is 7.50. The molecule has 3 rings (SSSR count). The molecule has 0 bridgehead atoms. The number of hydrazone groups is 1. The van der Waals surface area contributed by atoms with Gasteiger partial charge in [-0.25, -0.2) is 0 Å². The van der Waals surface area contributed by atoms with Gasteiger partial charge in [0.1, 0.15) is 0 Å². The van der Waals surface area contributed by atoms with Gasteiger partial charge in [-0.1, -0.05) is 0 Å². The van der Waals surface area contributed by atoms with Gasteiger partial charge >= 0.3 is 5.97 Å². The Balaban J connectivity index is 1.56. The van der Waals surface area contributed by atoms with E-state index in [4.69, 9.17) is 5.11 Å². The molecule has 1 unspecified atom stereocenters. The van der Waals surface area contributed by atoms with Gasteiger partial charge in [0.15, 0.2) is 0 Å². The summed E-state index contributed by atoms with van der Waals surface area (Å²) in [7, 11) is 0. The first-order chi connectivity index (χ1) is 12.4. The van der Waals surface area contributed by atoms with Gasteiger partial charge in [-0.2, -0.15) is 5.10 Å². The van der Waals surface area contributed by atoms with Gasteiger partial charge in [-0.05, 0) is 38.1 Å². The molecule has 1 saturated heterocycles. The summed E-state index contributed by atoms with van der Waals surface area (Å²) in [5, 5.41) is 15.4. The number of anilines is 1. The minimum Gasteiger partial charge on any atom is -0.481 e. The lowest BCUT2D eigenvalue weighted by Gasteiger charge is -2.37. The van der Waals surface area contributed by atoms with Crippen LogP contribution >= 0.6 is 0 Å². The zero-order valence-corrected chi connectivity index (χ0v) is 15.4. The van der Waals surface area contributed by atoms with Crippen molar-refractivity contribution in [1.82, 2.24) is 9.80 Å². The van der Waals surface area contributed by atoms with Crippen LogP contribution in [0.25, 0.3) is 0 Å². The molecule has 1 atom stereocenters. The van der Waals surface area contributed by atoms with E-state index < -0.39 is 5.97 Å². The summed E-state index contributed by atoms with van der Waals surface area (Å²) in [5.74, 6) is -0.753. The van der Waals surface area contributed by atoms with Crippen LogP contribution in [0, 0.1) is 0 Å². The maximum absolute atomic E-state index is 12.7. The number of hydrogen-bond acceptors (Lipinski definition) is 5.